The van der Waals surface area contributed by atoms with Crippen molar-refractivity contribution in [1.82, 2.24) is 0 Å². The SMILES string of the molecule is CCN(CC)c1ccc(C2/C(=C(\O)c3cc(Cl)c(OC)cc3OC)C(=O)C(=O)N2c2cc(F)ccc2F)cc1. The van der Waals surface area contributed by atoms with Crippen molar-refractivity contribution in [2.24, 2.45) is 0 Å². The van der Waals surface area contributed by atoms with Gasteiger partial charge in [-0.15, -0.1) is 0 Å². The topological polar surface area (TPSA) is 79.3 Å². The Bertz CT molecular complexity index is 1450. The van der Waals surface area contributed by atoms with Crippen molar-refractivity contribution in [1.29, 1.82) is 0 Å². The highest BCUT2D eigenvalue weighted by Gasteiger charge is 2.48. The lowest BCUT2D eigenvalue weighted by molar-refractivity contribution is -0.132. The van der Waals surface area contributed by atoms with Gasteiger partial charge in [0.05, 0.1) is 42.1 Å². The summed E-state index contributed by atoms with van der Waals surface area (Å²) < 4.78 is 39.8. The fraction of sp³-hybridized carbons (Fsp3) is 0.241. The van der Waals surface area contributed by atoms with Crippen molar-refractivity contribution in [3.05, 3.63) is 88.0 Å². The highest BCUT2D eigenvalue weighted by molar-refractivity contribution is 6.51. The summed E-state index contributed by atoms with van der Waals surface area (Å²) in [4.78, 5) is 29.7. The van der Waals surface area contributed by atoms with Crippen LogP contribution in [0.5, 0.6) is 11.5 Å². The van der Waals surface area contributed by atoms with E-state index in [9.17, 15) is 23.5 Å². The number of hydrogen-bond donors (Lipinski definition) is 1. The molecule has 0 radical (unpaired) electrons. The summed E-state index contributed by atoms with van der Waals surface area (Å²) in [5.41, 5.74) is 0.536. The number of amides is 1. The molecule has 1 N–H and O–H groups in total. The molecule has 3 aromatic rings. The molecule has 1 atom stereocenters. The van der Waals surface area contributed by atoms with Crippen LogP contribution in [-0.4, -0.2) is 44.1 Å². The van der Waals surface area contributed by atoms with Crippen LogP contribution in [0.3, 0.4) is 0 Å². The fourth-order valence-electron chi connectivity index (χ4n) is 4.71. The standard InChI is InChI=1S/C29H27ClF2N2O5/c1-5-33(6-2)18-10-7-16(8-11-18)26-25(27(35)19-14-20(30)24(39-4)15-23(19)38-3)28(36)29(37)34(26)22-13-17(31)9-12-21(22)32/h7-15,26,35H,5-6H2,1-4H3/b27-25+. The second-order valence-corrected chi connectivity index (χ2v) is 9.12. The fourth-order valence-corrected chi connectivity index (χ4v) is 4.95. The van der Waals surface area contributed by atoms with Gasteiger partial charge in [0.2, 0.25) is 0 Å². The predicted molar refractivity (Wildman–Crippen MR) is 146 cm³/mol. The highest BCUT2D eigenvalue weighted by atomic mass is 35.5. The number of halogens is 3. The molecule has 10 heteroatoms. The largest absolute Gasteiger partial charge is 0.507 e. The summed E-state index contributed by atoms with van der Waals surface area (Å²) in [5.74, 6) is -4.13. The molecule has 0 bridgehead atoms. The van der Waals surface area contributed by atoms with Gasteiger partial charge >= 0.3 is 0 Å². The van der Waals surface area contributed by atoms with Gasteiger partial charge in [-0.1, -0.05) is 23.7 Å². The predicted octanol–water partition coefficient (Wildman–Crippen LogP) is 6.11. The normalized spacial score (nSPS) is 16.5. The number of aliphatic hydroxyl groups is 1. The van der Waals surface area contributed by atoms with Crippen LogP contribution in [0.1, 0.15) is 31.0 Å². The lowest BCUT2D eigenvalue weighted by atomic mass is 9.94. The maximum absolute atomic E-state index is 15.0. The number of aliphatic hydroxyl groups excluding tert-OH is 1. The maximum atomic E-state index is 15.0. The molecule has 1 aliphatic heterocycles. The number of ether oxygens (including phenoxy) is 2. The van der Waals surface area contributed by atoms with E-state index in [0.717, 1.165) is 41.9 Å². The molecule has 1 fully saturated rings. The molecule has 0 spiro atoms. The zero-order chi connectivity index (χ0) is 28.4. The van der Waals surface area contributed by atoms with E-state index in [1.807, 2.05) is 13.8 Å². The van der Waals surface area contributed by atoms with Crippen molar-refractivity contribution in [2.75, 3.05) is 37.1 Å². The van der Waals surface area contributed by atoms with E-state index < -0.39 is 40.8 Å². The molecule has 204 valence electrons. The van der Waals surface area contributed by atoms with E-state index in [4.69, 9.17) is 21.1 Å². The Morgan fingerprint density at radius 1 is 0.974 bits per heavy atom. The molecule has 3 aromatic carbocycles. The minimum atomic E-state index is -1.28. The number of benzene rings is 3. The molecular weight excluding hydrogens is 530 g/mol. The second kappa shape index (κ2) is 11.3. The second-order valence-electron chi connectivity index (χ2n) is 8.72. The number of nitrogens with zero attached hydrogens (tertiary/aromatic N) is 2. The third-order valence-electron chi connectivity index (χ3n) is 6.68. The molecule has 4 rings (SSSR count). The van der Waals surface area contributed by atoms with Gasteiger partial charge in [-0.3, -0.25) is 14.5 Å². The van der Waals surface area contributed by atoms with E-state index in [0.29, 0.717) is 5.56 Å². The Morgan fingerprint density at radius 3 is 2.21 bits per heavy atom. The quantitative estimate of drug-likeness (QED) is 0.205. The first-order chi connectivity index (χ1) is 18.7. The molecule has 1 saturated heterocycles. The lowest BCUT2D eigenvalue weighted by Crippen LogP contribution is -2.30. The van der Waals surface area contributed by atoms with Crippen LogP contribution in [0.25, 0.3) is 5.76 Å². The van der Waals surface area contributed by atoms with Gasteiger partial charge in [-0.05, 0) is 49.7 Å². The van der Waals surface area contributed by atoms with Crippen molar-refractivity contribution in [3.63, 3.8) is 0 Å². The number of rotatable bonds is 8. The Labute approximate surface area is 229 Å². The van der Waals surface area contributed by atoms with Crippen LogP contribution in [0.2, 0.25) is 5.02 Å². The highest BCUT2D eigenvalue weighted by Crippen LogP contribution is 2.45. The molecule has 7 nitrogen and oxygen atoms in total. The summed E-state index contributed by atoms with van der Waals surface area (Å²) >= 11 is 6.29. The summed E-state index contributed by atoms with van der Waals surface area (Å²) in [6.07, 6.45) is 0. The minimum Gasteiger partial charge on any atom is -0.507 e. The smallest absolute Gasteiger partial charge is 0.300 e. The van der Waals surface area contributed by atoms with Crippen LogP contribution < -0.4 is 19.3 Å². The van der Waals surface area contributed by atoms with Crippen LogP contribution in [0.4, 0.5) is 20.2 Å². The van der Waals surface area contributed by atoms with Gasteiger partial charge in [-0.2, -0.15) is 0 Å². The number of ketones is 1. The molecule has 39 heavy (non-hydrogen) atoms. The Hall–Kier alpha value is -4.11. The first kappa shape index (κ1) is 27.9. The van der Waals surface area contributed by atoms with Gasteiger partial charge in [0, 0.05) is 30.9 Å². The van der Waals surface area contributed by atoms with Crippen LogP contribution in [-0.2, 0) is 9.59 Å². The summed E-state index contributed by atoms with van der Waals surface area (Å²) in [5, 5.41) is 11.6. The van der Waals surface area contributed by atoms with Crippen molar-refractivity contribution < 1.29 is 33.0 Å². The Balaban J connectivity index is 1.98. The number of methoxy groups -OCH3 is 2. The Morgan fingerprint density at radius 2 is 1.62 bits per heavy atom. The summed E-state index contributed by atoms with van der Waals surface area (Å²) in [6, 6.07) is 11.1. The third kappa shape index (κ3) is 5.02. The zero-order valence-electron chi connectivity index (χ0n) is 21.8. The number of anilines is 2. The number of carbonyl (C=O) groups excluding carboxylic acids is 2. The Kier molecular flexibility index (Phi) is 8.11. The van der Waals surface area contributed by atoms with E-state index >= 15 is 0 Å². The summed E-state index contributed by atoms with van der Waals surface area (Å²) in [7, 11) is 2.75. The number of Topliss-reactive ketones (excluding diaryl/α,β-unsaturated/α-hetero) is 1. The molecule has 1 heterocycles. The van der Waals surface area contributed by atoms with Crippen LogP contribution >= 0.6 is 11.6 Å². The molecule has 0 aliphatic carbocycles. The molecule has 0 saturated carbocycles. The van der Waals surface area contributed by atoms with Crippen molar-refractivity contribution in [2.45, 2.75) is 19.9 Å². The van der Waals surface area contributed by atoms with Gasteiger partial charge in [0.25, 0.3) is 11.7 Å². The van der Waals surface area contributed by atoms with E-state index in [1.54, 1.807) is 24.3 Å². The van der Waals surface area contributed by atoms with Crippen molar-refractivity contribution in [3.8, 4) is 11.5 Å². The monoisotopic (exact) mass is 556 g/mol. The first-order valence-electron chi connectivity index (χ1n) is 12.2. The number of carbonyl (C=O) groups is 2. The molecule has 0 aromatic heterocycles. The molecular formula is C29H27ClF2N2O5. The van der Waals surface area contributed by atoms with Gasteiger partial charge in [0.15, 0.2) is 0 Å². The first-order valence-corrected chi connectivity index (χ1v) is 12.6. The van der Waals surface area contributed by atoms with E-state index in [1.165, 1.54) is 26.4 Å². The van der Waals surface area contributed by atoms with Gasteiger partial charge in [-0.25, -0.2) is 8.78 Å². The van der Waals surface area contributed by atoms with Crippen molar-refractivity contribution >= 4 is 40.4 Å². The van der Waals surface area contributed by atoms with Crippen LogP contribution in [0.15, 0.2) is 60.2 Å². The molecule has 1 unspecified atom stereocenters. The zero-order valence-corrected chi connectivity index (χ0v) is 22.6. The number of hydrogen-bond acceptors (Lipinski definition) is 6. The van der Waals surface area contributed by atoms with Gasteiger partial charge in [0.1, 0.15) is 28.9 Å². The minimum absolute atomic E-state index is 0.0192. The molecule has 1 amide bonds. The van der Waals surface area contributed by atoms with Gasteiger partial charge < -0.3 is 19.5 Å². The van der Waals surface area contributed by atoms with Crippen LogP contribution in [0, 0.1) is 11.6 Å². The van der Waals surface area contributed by atoms with E-state index in [2.05, 4.69) is 4.90 Å². The third-order valence-corrected chi connectivity index (χ3v) is 6.97. The lowest BCUT2D eigenvalue weighted by Gasteiger charge is -2.27. The maximum Gasteiger partial charge on any atom is 0.300 e. The average Bonchev–Trinajstić information content (AvgIpc) is 3.20. The average molecular weight is 557 g/mol. The molecule has 1 aliphatic rings. The summed E-state index contributed by atoms with van der Waals surface area (Å²) in [6.45, 7) is 5.51. The van der Waals surface area contributed by atoms with E-state index in [-0.39, 0.29) is 27.7 Å².